The number of esters is 1. The Morgan fingerprint density at radius 2 is 1.86 bits per heavy atom. The minimum atomic E-state index is -0.256. The number of rotatable bonds is 4. The van der Waals surface area contributed by atoms with Crippen molar-refractivity contribution in [1.29, 1.82) is 0 Å². The first-order valence-corrected chi connectivity index (χ1v) is 7.50. The molecule has 0 atom stereocenters. The van der Waals surface area contributed by atoms with E-state index in [2.05, 4.69) is 16.7 Å². The number of aromatic nitrogens is 1. The summed E-state index contributed by atoms with van der Waals surface area (Å²) in [5, 5.41) is 0.983. The van der Waals surface area contributed by atoms with E-state index < -0.39 is 0 Å². The second kappa shape index (κ2) is 6.06. The van der Waals surface area contributed by atoms with Crippen LogP contribution < -0.4 is 0 Å². The quantitative estimate of drug-likeness (QED) is 0.676. The maximum absolute atomic E-state index is 12.2. The van der Waals surface area contributed by atoms with E-state index in [0.717, 1.165) is 23.0 Å². The van der Waals surface area contributed by atoms with Gasteiger partial charge in [0.1, 0.15) is 0 Å². The monoisotopic (exact) mass is 293 g/mol. The molecule has 0 fully saturated rings. The van der Waals surface area contributed by atoms with Crippen molar-refractivity contribution in [3.05, 3.63) is 71.4 Å². The number of aryl methyl sites for hydroxylation is 1. The van der Waals surface area contributed by atoms with Crippen LogP contribution in [-0.4, -0.2) is 17.1 Å². The number of carbonyl (C=O) groups is 1. The first-order chi connectivity index (χ1) is 10.7. The standard InChI is InChI=1S/C19H19NO2/c1-3-22-19(21)16-13-20(12-15-9-5-4-6-10-15)17-11-7-8-14(2)18(16)17/h4-11,13H,3,12H2,1-2H3. The van der Waals surface area contributed by atoms with Gasteiger partial charge in [-0.05, 0) is 31.0 Å². The SMILES string of the molecule is CCOC(=O)c1cn(Cc2ccccc2)c2cccc(C)c12. The van der Waals surface area contributed by atoms with Crippen LogP contribution in [0.25, 0.3) is 10.9 Å². The van der Waals surface area contributed by atoms with Crippen molar-refractivity contribution in [2.45, 2.75) is 20.4 Å². The Balaban J connectivity index is 2.11. The molecule has 0 saturated carbocycles. The Morgan fingerprint density at radius 3 is 2.59 bits per heavy atom. The summed E-state index contributed by atoms with van der Waals surface area (Å²) in [6.07, 6.45) is 1.91. The van der Waals surface area contributed by atoms with Crippen LogP contribution in [0.3, 0.4) is 0 Å². The summed E-state index contributed by atoms with van der Waals surface area (Å²) >= 11 is 0. The number of carbonyl (C=O) groups excluding carboxylic acids is 1. The number of ether oxygens (including phenoxy) is 1. The Bertz CT molecular complexity index is 803. The minimum Gasteiger partial charge on any atom is -0.462 e. The molecule has 0 radical (unpaired) electrons. The molecule has 0 spiro atoms. The number of nitrogens with zero attached hydrogens (tertiary/aromatic N) is 1. The zero-order valence-corrected chi connectivity index (χ0v) is 12.9. The second-order valence-electron chi connectivity index (χ2n) is 5.35. The Morgan fingerprint density at radius 1 is 1.09 bits per heavy atom. The summed E-state index contributed by atoms with van der Waals surface area (Å²) in [4.78, 5) is 12.2. The maximum Gasteiger partial charge on any atom is 0.340 e. The molecule has 2 aromatic carbocycles. The van der Waals surface area contributed by atoms with Crippen molar-refractivity contribution in [3.8, 4) is 0 Å². The molecule has 0 amide bonds. The van der Waals surface area contributed by atoms with Gasteiger partial charge in [0.15, 0.2) is 0 Å². The van der Waals surface area contributed by atoms with E-state index in [-0.39, 0.29) is 5.97 Å². The van der Waals surface area contributed by atoms with Crippen LogP contribution in [0, 0.1) is 6.92 Å². The van der Waals surface area contributed by atoms with Crippen molar-refractivity contribution in [2.75, 3.05) is 6.61 Å². The van der Waals surface area contributed by atoms with Crippen LogP contribution in [0.2, 0.25) is 0 Å². The molecular weight excluding hydrogens is 274 g/mol. The molecule has 1 heterocycles. The van der Waals surface area contributed by atoms with Gasteiger partial charge in [-0.1, -0.05) is 42.5 Å². The number of hydrogen-bond acceptors (Lipinski definition) is 2. The largest absolute Gasteiger partial charge is 0.462 e. The number of hydrogen-bond donors (Lipinski definition) is 0. The Labute approximate surface area is 130 Å². The fraction of sp³-hybridized carbons (Fsp3) is 0.211. The average Bonchev–Trinajstić information content (AvgIpc) is 2.89. The van der Waals surface area contributed by atoms with Gasteiger partial charge < -0.3 is 9.30 Å². The van der Waals surface area contributed by atoms with Gasteiger partial charge in [0, 0.05) is 23.6 Å². The van der Waals surface area contributed by atoms with Crippen LogP contribution in [0.1, 0.15) is 28.4 Å². The predicted molar refractivity (Wildman–Crippen MR) is 88.2 cm³/mol. The van der Waals surface area contributed by atoms with E-state index >= 15 is 0 Å². The molecule has 22 heavy (non-hydrogen) atoms. The zero-order valence-electron chi connectivity index (χ0n) is 12.9. The highest BCUT2D eigenvalue weighted by molar-refractivity contribution is 6.05. The highest BCUT2D eigenvalue weighted by Crippen LogP contribution is 2.26. The van der Waals surface area contributed by atoms with Crippen molar-refractivity contribution < 1.29 is 9.53 Å². The first kappa shape index (κ1) is 14.4. The van der Waals surface area contributed by atoms with Gasteiger partial charge in [-0.25, -0.2) is 4.79 Å². The topological polar surface area (TPSA) is 31.2 Å². The van der Waals surface area contributed by atoms with Crippen molar-refractivity contribution in [2.24, 2.45) is 0 Å². The van der Waals surface area contributed by atoms with Crippen molar-refractivity contribution >= 4 is 16.9 Å². The number of benzene rings is 2. The summed E-state index contributed by atoms with van der Waals surface area (Å²) in [5.41, 5.74) is 4.00. The van der Waals surface area contributed by atoms with E-state index in [0.29, 0.717) is 12.2 Å². The second-order valence-corrected chi connectivity index (χ2v) is 5.35. The van der Waals surface area contributed by atoms with Crippen molar-refractivity contribution in [3.63, 3.8) is 0 Å². The third-order valence-electron chi connectivity index (χ3n) is 3.81. The smallest absolute Gasteiger partial charge is 0.340 e. The fourth-order valence-electron chi connectivity index (χ4n) is 2.81. The van der Waals surface area contributed by atoms with E-state index in [1.54, 1.807) is 0 Å². The molecule has 0 aliphatic carbocycles. The van der Waals surface area contributed by atoms with E-state index in [1.165, 1.54) is 5.56 Å². The van der Waals surface area contributed by atoms with E-state index in [1.807, 2.05) is 56.4 Å². The molecule has 3 aromatic rings. The molecule has 0 N–H and O–H groups in total. The molecule has 3 heteroatoms. The van der Waals surface area contributed by atoms with Gasteiger partial charge in [0.05, 0.1) is 12.2 Å². The van der Waals surface area contributed by atoms with Crippen LogP contribution in [-0.2, 0) is 11.3 Å². The lowest BCUT2D eigenvalue weighted by molar-refractivity contribution is 0.0528. The highest BCUT2D eigenvalue weighted by Gasteiger charge is 2.17. The van der Waals surface area contributed by atoms with Crippen LogP contribution >= 0.6 is 0 Å². The molecule has 0 aliphatic heterocycles. The molecule has 3 nitrogen and oxygen atoms in total. The summed E-state index contributed by atoms with van der Waals surface area (Å²) in [6, 6.07) is 16.3. The predicted octanol–water partition coefficient (Wildman–Crippen LogP) is 4.17. The third-order valence-corrected chi connectivity index (χ3v) is 3.81. The summed E-state index contributed by atoms with van der Waals surface area (Å²) in [5.74, 6) is -0.256. The lowest BCUT2D eigenvalue weighted by Crippen LogP contribution is -2.04. The minimum absolute atomic E-state index is 0.256. The zero-order chi connectivity index (χ0) is 15.5. The van der Waals surface area contributed by atoms with Gasteiger partial charge in [0.2, 0.25) is 0 Å². The van der Waals surface area contributed by atoms with Crippen LogP contribution in [0.5, 0.6) is 0 Å². The van der Waals surface area contributed by atoms with Crippen LogP contribution in [0.15, 0.2) is 54.7 Å². The first-order valence-electron chi connectivity index (χ1n) is 7.50. The summed E-state index contributed by atoms with van der Waals surface area (Å²) < 4.78 is 7.32. The highest BCUT2D eigenvalue weighted by atomic mass is 16.5. The molecular formula is C19H19NO2. The Kier molecular flexibility index (Phi) is 3.96. The van der Waals surface area contributed by atoms with Crippen molar-refractivity contribution in [1.82, 2.24) is 4.57 Å². The van der Waals surface area contributed by atoms with Crippen LogP contribution in [0.4, 0.5) is 0 Å². The van der Waals surface area contributed by atoms with Gasteiger partial charge in [-0.2, -0.15) is 0 Å². The van der Waals surface area contributed by atoms with Gasteiger partial charge in [-0.15, -0.1) is 0 Å². The molecule has 0 aliphatic rings. The molecule has 0 saturated heterocycles. The number of fused-ring (bicyclic) bond motifs is 1. The lowest BCUT2D eigenvalue weighted by Gasteiger charge is -2.05. The molecule has 112 valence electrons. The summed E-state index contributed by atoms with van der Waals surface area (Å²) in [6.45, 7) is 4.97. The molecule has 1 aromatic heterocycles. The fourth-order valence-corrected chi connectivity index (χ4v) is 2.81. The average molecular weight is 293 g/mol. The lowest BCUT2D eigenvalue weighted by atomic mass is 10.1. The Hall–Kier alpha value is -2.55. The van der Waals surface area contributed by atoms with Gasteiger partial charge >= 0.3 is 5.97 Å². The molecule has 0 bridgehead atoms. The van der Waals surface area contributed by atoms with Gasteiger partial charge in [-0.3, -0.25) is 0 Å². The molecule has 3 rings (SSSR count). The van der Waals surface area contributed by atoms with E-state index in [9.17, 15) is 4.79 Å². The third kappa shape index (κ3) is 2.62. The maximum atomic E-state index is 12.2. The van der Waals surface area contributed by atoms with E-state index in [4.69, 9.17) is 4.74 Å². The van der Waals surface area contributed by atoms with Gasteiger partial charge in [0.25, 0.3) is 0 Å². The normalized spacial score (nSPS) is 10.8. The molecule has 0 unspecified atom stereocenters. The summed E-state index contributed by atoms with van der Waals surface area (Å²) in [7, 11) is 0.